The third kappa shape index (κ3) is 7.15. The fourth-order valence-corrected chi connectivity index (χ4v) is 4.26. The second-order valence-electron chi connectivity index (χ2n) is 8.27. The normalized spacial score (nSPS) is 16.5. The van der Waals surface area contributed by atoms with Crippen LogP contribution in [0.4, 0.5) is 0 Å². The molecule has 33 heavy (non-hydrogen) atoms. The molecule has 1 fully saturated rings. The molecule has 4 rings (SSSR count). The molecule has 0 spiro atoms. The van der Waals surface area contributed by atoms with Crippen molar-refractivity contribution in [2.24, 2.45) is 4.99 Å². The number of hydrogen-bond donors (Lipinski definition) is 2. The van der Waals surface area contributed by atoms with Crippen molar-refractivity contribution in [2.45, 2.75) is 26.1 Å². The lowest BCUT2D eigenvalue weighted by Gasteiger charge is -2.29. The van der Waals surface area contributed by atoms with Gasteiger partial charge in [-0.1, -0.05) is 48.5 Å². The van der Waals surface area contributed by atoms with Gasteiger partial charge in [0.2, 0.25) is 5.91 Å². The first-order valence-electron chi connectivity index (χ1n) is 11.4. The standard InChI is InChI=1S/C25H33N5O2.HI/c1-26-25(28-17-24(31)30-11-10-20-6-2-4-9-23(20)19-30)27-16-21-7-3-5-8-22(21)18-29-12-14-32-15-13-29;/h2-9H,10-19H2,1H3,(H2,26,27,28);1H. The van der Waals surface area contributed by atoms with Crippen LogP contribution < -0.4 is 10.6 Å². The first-order valence-corrected chi connectivity index (χ1v) is 11.4. The number of amides is 1. The smallest absolute Gasteiger partial charge is 0.242 e. The molecule has 7 nitrogen and oxygen atoms in total. The van der Waals surface area contributed by atoms with Crippen LogP contribution in [-0.4, -0.2) is 68.1 Å². The zero-order chi connectivity index (χ0) is 22.2. The van der Waals surface area contributed by atoms with Crippen LogP contribution in [0, 0.1) is 0 Å². The molecule has 2 aromatic carbocycles. The highest BCUT2D eigenvalue weighted by Gasteiger charge is 2.20. The van der Waals surface area contributed by atoms with Gasteiger partial charge in [-0.05, 0) is 28.7 Å². The summed E-state index contributed by atoms with van der Waals surface area (Å²) in [6.07, 6.45) is 0.912. The first-order chi connectivity index (χ1) is 15.7. The van der Waals surface area contributed by atoms with Crippen molar-refractivity contribution >= 4 is 35.8 Å². The monoisotopic (exact) mass is 563 g/mol. The summed E-state index contributed by atoms with van der Waals surface area (Å²) in [5.41, 5.74) is 5.13. The van der Waals surface area contributed by atoms with Crippen molar-refractivity contribution < 1.29 is 9.53 Å². The predicted octanol–water partition coefficient (Wildman–Crippen LogP) is 2.39. The van der Waals surface area contributed by atoms with Crippen LogP contribution in [0.5, 0.6) is 0 Å². The molecule has 0 unspecified atom stereocenters. The molecule has 0 aliphatic carbocycles. The van der Waals surface area contributed by atoms with Gasteiger partial charge in [0.25, 0.3) is 0 Å². The van der Waals surface area contributed by atoms with E-state index in [0.29, 0.717) is 19.0 Å². The fourth-order valence-electron chi connectivity index (χ4n) is 4.26. The van der Waals surface area contributed by atoms with E-state index in [1.54, 1.807) is 7.05 Å². The minimum absolute atomic E-state index is 0. The van der Waals surface area contributed by atoms with E-state index in [2.05, 4.69) is 63.0 Å². The maximum atomic E-state index is 12.7. The fraction of sp³-hybridized carbons (Fsp3) is 0.440. The summed E-state index contributed by atoms with van der Waals surface area (Å²) in [6, 6.07) is 16.8. The average molecular weight is 563 g/mol. The Kier molecular flexibility index (Phi) is 9.95. The highest BCUT2D eigenvalue weighted by atomic mass is 127. The third-order valence-electron chi connectivity index (χ3n) is 6.18. The van der Waals surface area contributed by atoms with Crippen LogP contribution in [-0.2, 0) is 35.6 Å². The number of fused-ring (bicyclic) bond motifs is 1. The van der Waals surface area contributed by atoms with Gasteiger partial charge in [-0.15, -0.1) is 24.0 Å². The van der Waals surface area contributed by atoms with E-state index in [1.165, 1.54) is 22.3 Å². The van der Waals surface area contributed by atoms with E-state index in [0.717, 1.165) is 45.8 Å². The van der Waals surface area contributed by atoms with Crippen LogP contribution >= 0.6 is 24.0 Å². The van der Waals surface area contributed by atoms with E-state index in [9.17, 15) is 4.79 Å². The summed E-state index contributed by atoms with van der Waals surface area (Å²) in [5.74, 6) is 0.729. The zero-order valence-corrected chi connectivity index (χ0v) is 21.6. The Labute approximate surface area is 213 Å². The molecule has 0 aromatic heterocycles. The van der Waals surface area contributed by atoms with Crippen LogP contribution in [0.2, 0.25) is 0 Å². The second kappa shape index (κ2) is 12.9. The van der Waals surface area contributed by atoms with Crippen LogP contribution in [0.1, 0.15) is 22.3 Å². The number of ether oxygens (including phenoxy) is 1. The molecule has 0 bridgehead atoms. The molecule has 2 aromatic rings. The molecule has 2 aliphatic heterocycles. The van der Waals surface area contributed by atoms with Crippen molar-refractivity contribution in [3.63, 3.8) is 0 Å². The lowest BCUT2D eigenvalue weighted by atomic mass is 10.00. The van der Waals surface area contributed by atoms with Gasteiger partial charge in [0.05, 0.1) is 19.8 Å². The average Bonchev–Trinajstić information content (AvgIpc) is 2.85. The van der Waals surface area contributed by atoms with Gasteiger partial charge >= 0.3 is 0 Å². The highest BCUT2D eigenvalue weighted by molar-refractivity contribution is 14.0. The summed E-state index contributed by atoms with van der Waals surface area (Å²) in [7, 11) is 1.73. The van der Waals surface area contributed by atoms with Gasteiger partial charge in [-0.25, -0.2) is 0 Å². The SMILES string of the molecule is CN=C(NCC(=O)N1CCc2ccccc2C1)NCc1ccccc1CN1CCOCC1.I. The number of rotatable bonds is 6. The van der Waals surface area contributed by atoms with Crippen LogP contribution in [0.15, 0.2) is 53.5 Å². The number of carbonyl (C=O) groups is 1. The Bertz CT molecular complexity index is 946. The van der Waals surface area contributed by atoms with E-state index in [1.807, 2.05) is 11.0 Å². The van der Waals surface area contributed by atoms with Gasteiger partial charge < -0.3 is 20.3 Å². The summed E-state index contributed by atoms with van der Waals surface area (Å²) < 4.78 is 5.46. The molecule has 178 valence electrons. The summed E-state index contributed by atoms with van der Waals surface area (Å²) in [5, 5.41) is 6.54. The van der Waals surface area contributed by atoms with E-state index < -0.39 is 0 Å². The van der Waals surface area contributed by atoms with Crippen LogP contribution in [0.3, 0.4) is 0 Å². The highest BCUT2D eigenvalue weighted by Crippen LogP contribution is 2.18. The summed E-state index contributed by atoms with van der Waals surface area (Å²) in [6.45, 7) is 6.78. The molecule has 0 atom stereocenters. The quantitative estimate of drug-likeness (QED) is 0.321. The molecule has 1 saturated heterocycles. The maximum absolute atomic E-state index is 12.7. The molecule has 2 heterocycles. The van der Waals surface area contributed by atoms with Crippen molar-refractivity contribution in [2.75, 3.05) is 46.4 Å². The topological polar surface area (TPSA) is 69.2 Å². The number of nitrogens with one attached hydrogen (secondary N) is 2. The molecule has 8 heteroatoms. The molecular weight excluding hydrogens is 529 g/mol. The molecule has 2 N–H and O–H groups in total. The van der Waals surface area contributed by atoms with E-state index >= 15 is 0 Å². The Balaban J connectivity index is 0.00000306. The largest absolute Gasteiger partial charge is 0.379 e. The lowest BCUT2D eigenvalue weighted by molar-refractivity contribution is -0.130. The van der Waals surface area contributed by atoms with Gasteiger partial charge in [-0.2, -0.15) is 0 Å². The molecule has 0 saturated carbocycles. The minimum atomic E-state index is 0. The molecule has 2 aliphatic rings. The van der Waals surface area contributed by atoms with Gasteiger partial charge in [0, 0.05) is 46.3 Å². The Morgan fingerprint density at radius 3 is 2.42 bits per heavy atom. The molecule has 1 amide bonds. The van der Waals surface area contributed by atoms with E-state index in [4.69, 9.17) is 4.74 Å². The number of morpholine rings is 1. The second-order valence-corrected chi connectivity index (χ2v) is 8.27. The van der Waals surface area contributed by atoms with Crippen molar-refractivity contribution in [1.29, 1.82) is 0 Å². The van der Waals surface area contributed by atoms with Gasteiger partial charge in [0.1, 0.15) is 0 Å². The summed E-state index contributed by atoms with van der Waals surface area (Å²) >= 11 is 0. The molecule has 0 radical (unpaired) electrons. The Morgan fingerprint density at radius 1 is 0.970 bits per heavy atom. The number of halogens is 1. The predicted molar refractivity (Wildman–Crippen MR) is 142 cm³/mol. The van der Waals surface area contributed by atoms with Gasteiger partial charge in [-0.3, -0.25) is 14.7 Å². The lowest BCUT2D eigenvalue weighted by Crippen LogP contribution is -2.45. The Morgan fingerprint density at radius 2 is 1.67 bits per heavy atom. The number of hydrogen-bond acceptors (Lipinski definition) is 4. The molecular formula is C25H34IN5O2. The van der Waals surface area contributed by atoms with Crippen LogP contribution in [0.25, 0.3) is 0 Å². The zero-order valence-electron chi connectivity index (χ0n) is 19.3. The minimum Gasteiger partial charge on any atom is -0.379 e. The number of nitrogens with zero attached hydrogens (tertiary/aromatic N) is 3. The first kappa shape index (κ1) is 25.5. The number of guanidine groups is 1. The summed E-state index contributed by atoms with van der Waals surface area (Å²) in [4.78, 5) is 21.4. The number of benzene rings is 2. The van der Waals surface area contributed by atoms with Crippen molar-refractivity contribution in [3.8, 4) is 0 Å². The third-order valence-corrected chi connectivity index (χ3v) is 6.18. The van der Waals surface area contributed by atoms with E-state index in [-0.39, 0.29) is 36.4 Å². The Hall–Kier alpha value is -2.17. The maximum Gasteiger partial charge on any atom is 0.242 e. The number of aliphatic imine (C=N–C) groups is 1. The van der Waals surface area contributed by atoms with Gasteiger partial charge in [0.15, 0.2) is 5.96 Å². The van der Waals surface area contributed by atoms with Crippen molar-refractivity contribution in [3.05, 3.63) is 70.8 Å². The van der Waals surface area contributed by atoms with Crippen molar-refractivity contribution in [1.82, 2.24) is 20.4 Å². The number of carbonyl (C=O) groups excluding carboxylic acids is 1.